The summed E-state index contributed by atoms with van der Waals surface area (Å²) in [6.45, 7) is 5.22. The molecule has 1 aromatic heterocycles. The number of amides is 1. The Balaban J connectivity index is 1.69. The lowest BCUT2D eigenvalue weighted by molar-refractivity contribution is 0.0600. The molecule has 1 aliphatic rings. The Kier molecular flexibility index (Phi) is 4.22. The van der Waals surface area contributed by atoms with E-state index in [9.17, 15) is 9.59 Å². The van der Waals surface area contributed by atoms with Crippen molar-refractivity contribution >= 4 is 22.8 Å². The topological polar surface area (TPSA) is 62.4 Å². The van der Waals surface area contributed by atoms with E-state index in [1.165, 1.54) is 7.11 Å². The maximum Gasteiger partial charge on any atom is 0.337 e. The normalized spacial score (nSPS) is 13.5. The fourth-order valence-corrected chi connectivity index (χ4v) is 3.91. The minimum absolute atomic E-state index is 0.0472. The molecule has 5 heteroatoms. The van der Waals surface area contributed by atoms with E-state index in [4.69, 9.17) is 4.74 Å². The Hall–Kier alpha value is -3.08. The highest BCUT2D eigenvalue weighted by Crippen LogP contribution is 2.29. The number of nitrogens with zero attached hydrogens (tertiary/aromatic N) is 1. The number of nitrogens with one attached hydrogen (secondary N) is 1. The van der Waals surface area contributed by atoms with Crippen molar-refractivity contribution in [3.8, 4) is 0 Å². The van der Waals surface area contributed by atoms with E-state index in [1.54, 1.807) is 6.07 Å². The summed E-state index contributed by atoms with van der Waals surface area (Å²) in [7, 11) is 1.38. The highest BCUT2D eigenvalue weighted by atomic mass is 16.5. The molecule has 1 N–H and O–H groups in total. The predicted molar refractivity (Wildman–Crippen MR) is 104 cm³/mol. The van der Waals surface area contributed by atoms with Crippen LogP contribution in [0.3, 0.4) is 0 Å². The van der Waals surface area contributed by atoms with Gasteiger partial charge in [0, 0.05) is 47.2 Å². The molecule has 138 valence electrons. The van der Waals surface area contributed by atoms with Gasteiger partial charge in [-0.25, -0.2) is 4.79 Å². The van der Waals surface area contributed by atoms with Crippen molar-refractivity contribution in [2.45, 2.75) is 26.8 Å². The molecule has 1 amide bonds. The van der Waals surface area contributed by atoms with E-state index in [0.717, 1.165) is 45.3 Å². The van der Waals surface area contributed by atoms with Gasteiger partial charge in [-0.3, -0.25) is 4.79 Å². The maximum atomic E-state index is 13.0. The van der Waals surface area contributed by atoms with Crippen LogP contribution in [0.15, 0.2) is 36.4 Å². The van der Waals surface area contributed by atoms with E-state index in [-0.39, 0.29) is 11.9 Å². The molecule has 0 fully saturated rings. The zero-order chi connectivity index (χ0) is 19.1. The third-order valence-corrected chi connectivity index (χ3v) is 5.15. The monoisotopic (exact) mass is 362 g/mol. The molecule has 4 rings (SSSR count). The van der Waals surface area contributed by atoms with Crippen molar-refractivity contribution in [3.05, 3.63) is 69.9 Å². The summed E-state index contributed by atoms with van der Waals surface area (Å²) in [5.41, 5.74) is 6.62. The second-order valence-corrected chi connectivity index (χ2v) is 7.19. The quantitative estimate of drug-likeness (QED) is 0.706. The largest absolute Gasteiger partial charge is 0.465 e. The van der Waals surface area contributed by atoms with Gasteiger partial charge in [0.2, 0.25) is 0 Å². The summed E-state index contributed by atoms with van der Waals surface area (Å²) in [5, 5.41) is 0.978. The number of benzene rings is 2. The molecule has 0 unspecified atom stereocenters. The van der Waals surface area contributed by atoms with Gasteiger partial charge >= 0.3 is 5.97 Å². The Labute approximate surface area is 157 Å². The van der Waals surface area contributed by atoms with Gasteiger partial charge in [-0.15, -0.1) is 0 Å². The van der Waals surface area contributed by atoms with E-state index in [0.29, 0.717) is 18.7 Å². The van der Waals surface area contributed by atoms with Crippen molar-refractivity contribution in [1.29, 1.82) is 0 Å². The first-order valence-corrected chi connectivity index (χ1v) is 9.05. The maximum absolute atomic E-state index is 13.0. The highest BCUT2D eigenvalue weighted by molar-refractivity contribution is 5.97. The fraction of sp³-hybridized carbons (Fsp3) is 0.273. The summed E-state index contributed by atoms with van der Waals surface area (Å²) in [5.74, 6) is -0.309. The van der Waals surface area contributed by atoms with Crippen LogP contribution in [0.4, 0.5) is 0 Å². The first kappa shape index (κ1) is 17.3. The van der Waals surface area contributed by atoms with Crippen molar-refractivity contribution in [1.82, 2.24) is 9.88 Å². The van der Waals surface area contributed by atoms with Gasteiger partial charge in [-0.2, -0.15) is 0 Å². The number of esters is 1. The van der Waals surface area contributed by atoms with E-state index < -0.39 is 0 Å². The molecule has 0 radical (unpaired) electrons. The summed E-state index contributed by atoms with van der Waals surface area (Å²) >= 11 is 0. The Bertz CT molecular complexity index is 1040. The van der Waals surface area contributed by atoms with Crippen LogP contribution in [0.1, 0.15) is 43.1 Å². The number of carbonyl (C=O) groups is 2. The zero-order valence-electron chi connectivity index (χ0n) is 15.8. The molecule has 0 saturated heterocycles. The van der Waals surface area contributed by atoms with Gasteiger partial charge in [0.15, 0.2) is 0 Å². The third-order valence-electron chi connectivity index (χ3n) is 5.15. The number of fused-ring (bicyclic) bond motifs is 3. The van der Waals surface area contributed by atoms with Gasteiger partial charge in [0.05, 0.1) is 12.7 Å². The third kappa shape index (κ3) is 3.10. The summed E-state index contributed by atoms with van der Waals surface area (Å²) < 4.78 is 4.83. The Morgan fingerprint density at radius 2 is 1.78 bits per heavy atom. The SMILES string of the molecule is COC(=O)c1ccc2[nH]c3c(c2c1)CN(C(=O)c1cc(C)cc(C)c1)CC3. The first-order chi connectivity index (χ1) is 13.0. The molecule has 0 spiro atoms. The predicted octanol–water partition coefficient (Wildman–Crippen LogP) is 3.77. The molecular weight excluding hydrogens is 340 g/mol. The number of H-pyrrole nitrogens is 1. The van der Waals surface area contributed by atoms with Crippen molar-refractivity contribution in [3.63, 3.8) is 0 Å². The molecule has 0 atom stereocenters. The van der Waals surface area contributed by atoms with Crippen molar-refractivity contribution < 1.29 is 14.3 Å². The van der Waals surface area contributed by atoms with Gasteiger partial charge in [0.25, 0.3) is 5.91 Å². The second kappa shape index (κ2) is 6.58. The molecule has 0 aliphatic carbocycles. The average Bonchev–Trinajstić information content (AvgIpc) is 3.03. The molecule has 1 aliphatic heterocycles. The van der Waals surface area contributed by atoms with Crippen molar-refractivity contribution in [2.24, 2.45) is 0 Å². The Morgan fingerprint density at radius 3 is 2.48 bits per heavy atom. The van der Waals surface area contributed by atoms with Crippen LogP contribution in [-0.4, -0.2) is 35.4 Å². The standard InChI is InChI=1S/C22H22N2O3/c1-13-8-14(2)10-16(9-13)21(25)24-7-6-20-18(12-24)17-11-15(22(26)27-3)4-5-19(17)23-20/h4-5,8-11,23H,6-7,12H2,1-3H3. The minimum atomic E-state index is -0.356. The van der Waals surface area contributed by atoms with E-state index in [2.05, 4.69) is 11.1 Å². The van der Waals surface area contributed by atoms with Crippen LogP contribution in [0.25, 0.3) is 10.9 Å². The van der Waals surface area contributed by atoms with Gasteiger partial charge in [-0.1, -0.05) is 17.2 Å². The van der Waals surface area contributed by atoms with Crippen LogP contribution >= 0.6 is 0 Å². The number of aryl methyl sites for hydroxylation is 2. The summed E-state index contributed by atoms with van der Waals surface area (Å²) in [4.78, 5) is 30.2. The first-order valence-electron chi connectivity index (χ1n) is 9.05. The van der Waals surface area contributed by atoms with Crippen LogP contribution < -0.4 is 0 Å². The highest BCUT2D eigenvalue weighted by Gasteiger charge is 2.25. The number of aromatic nitrogens is 1. The molecule has 3 aromatic rings. The van der Waals surface area contributed by atoms with Crippen LogP contribution in [0, 0.1) is 13.8 Å². The van der Waals surface area contributed by atoms with E-state index in [1.807, 2.05) is 43.0 Å². The number of aromatic amines is 1. The van der Waals surface area contributed by atoms with Gasteiger partial charge in [0.1, 0.15) is 0 Å². The lowest BCUT2D eigenvalue weighted by atomic mass is 10.0. The number of hydrogen-bond donors (Lipinski definition) is 1. The average molecular weight is 362 g/mol. The molecule has 0 saturated carbocycles. The van der Waals surface area contributed by atoms with Crippen LogP contribution in [0.5, 0.6) is 0 Å². The number of methoxy groups -OCH3 is 1. The van der Waals surface area contributed by atoms with E-state index >= 15 is 0 Å². The van der Waals surface area contributed by atoms with Crippen LogP contribution in [0.2, 0.25) is 0 Å². The summed E-state index contributed by atoms with van der Waals surface area (Å²) in [6, 6.07) is 11.5. The molecule has 0 bridgehead atoms. The fourth-order valence-electron chi connectivity index (χ4n) is 3.91. The summed E-state index contributed by atoms with van der Waals surface area (Å²) in [6.07, 6.45) is 0.772. The lowest BCUT2D eigenvalue weighted by Crippen LogP contribution is -2.35. The molecule has 27 heavy (non-hydrogen) atoms. The molecule has 2 heterocycles. The Morgan fingerprint density at radius 1 is 1.04 bits per heavy atom. The molecular formula is C22H22N2O3. The number of carbonyl (C=O) groups excluding carboxylic acids is 2. The minimum Gasteiger partial charge on any atom is -0.465 e. The smallest absolute Gasteiger partial charge is 0.337 e. The lowest BCUT2D eigenvalue weighted by Gasteiger charge is -2.27. The van der Waals surface area contributed by atoms with Gasteiger partial charge < -0.3 is 14.6 Å². The number of rotatable bonds is 2. The van der Waals surface area contributed by atoms with Crippen LogP contribution in [-0.2, 0) is 17.7 Å². The molecule has 5 nitrogen and oxygen atoms in total. The van der Waals surface area contributed by atoms with Gasteiger partial charge in [-0.05, 0) is 44.2 Å². The molecule has 2 aromatic carbocycles. The number of ether oxygens (including phenoxy) is 1. The zero-order valence-corrected chi connectivity index (χ0v) is 15.8. The van der Waals surface area contributed by atoms with Crippen molar-refractivity contribution in [2.75, 3.05) is 13.7 Å². The number of hydrogen-bond acceptors (Lipinski definition) is 3. The second-order valence-electron chi connectivity index (χ2n) is 7.19.